The van der Waals surface area contributed by atoms with E-state index in [9.17, 15) is 13.2 Å². The van der Waals surface area contributed by atoms with E-state index in [0.717, 1.165) is 49.8 Å². The summed E-state index contributed by atoms with van der Waals surface area (Å²) in [5.41, 5.74) is 1.33. The van der Waals surface area contributed by atoms with Gasteiger partial charge in [-0.3, -0.25) is 0 Å². The largest absolute Gasteiger partial charge is 0.573 e. The predicted octanol–water partition coefficient (Wildman–Crippen LogP) is 7.94. The van der Waals surface area contributed by atoms with Crippen molar-refractivity contribution in [3.63, 3.8) is 0 Å². The molecule has 0 spiro atoms. The lowest BCUT2D eigenvalue weighted by Gasteiger charge is -2.40. The van der Waals surface area contributed by atoms with E-state index in [1.165, 1.54) is 18.2 Å². The summed E-state index contributed by atoms with van der Waals surface area (Å²) >= 11 is 0. The second kappa shape index (κ2) is 8.64. The number of hydrogen-bond acceptors (Lipinski definition) is 1. The molecule has 0 amide bonds. The van der Waals surface area contributed by atoms with Gasteiger partial charge in [-0.2, -0.15) is 0 Å². The van der Waals surface area contributed by atoms with Crippen LogP contribution in [-0.2, 0) is 6.42 Å². The molecule has 2 aliphatic rings. The Morgan fingerprint density at radius 3 is 2.48 bits per heavy atom. The number of halogens is 5. The van der Waals surface area contributed by atoms with Gasteiger partial charge in [-0.15, -0.1) is 13.2 Å². The lowest BCUT2D eigenvalue weighted by Crippen LogP contribution is -2.28. The first-order chi connectivity index (χ1) is 14.8. The average molecular weight is 436 g/mol. The van der Waals surface area contributed by atoms with E-state index >= 15 is 8.78 Å². The van der Waals surface area contributed by atoms with E-state index in [1.54, 1.807) is 0 Å². The zero-order valence-corrected chi connectivity index (χ0v) is 17.3. The van der Waals surface area contributed by atoms with E-state index in [2.05, 4.69) is 23.8 Å². The quantitative estimate of drug-likeness (QED) is 0.349. The molecule has 1 nitrogen and oxygen atoms in total. The van der Waals surface area contributed by atoms with Crippen LogP contribution < -0.4 is 4.74 Å². The fraction of sp³-hybridized carbons (Fsp3) is 0.440. The van der Waals surface area contributed by atoms with Crippen molar-refractivity contribution in [3.05, 3.63) is 65.2 Å². The van der Waals surface area contributed by atoms with Crippen LogP contribution in [0.15, 0.2) is 42.5 Å². The highest BCUT2D eigenvalue weighted by molar-refractivity contribution is 5.68. The molecule has 2 aliphatic carbocycles. The molecule has 1 saturated carbocycles. The average Bonchev–Trinajstić information content (AvgIpc) is 2.72. The minimum Gasteiger partial charge on any atom is -0.406 e. The molecular weight excluding hydrogens is 411 g/mol. The fourth-order valence-electron chi connectivity index (χ4n) is 5.21. The summed E-state index contributed by atoms with van der Waals surface area (Å²) in [6.45, 7) is 2.11. The summed E-state index contributed by atoms with van der Waals surface area (Å²) in [7, 11) is 0. The first-order valence-electron chi connectivity index (χ1n) is 10.8. The van der Waals surface area contributed by atoms with Crippen molar-refractivity contribution >= 4 is 0 Å². The predicted molar refractivity (Wildman–Crippen MR) is 110 cm³/mol. The normalized spacial score (nSPS) is 23.5. The standard InChI is InChI=1S/C25H25F5O/c1-2-3-4-15-5-11-19-17(13-15)8-12-20-21(19)14-22(26)23(24(20)27)16-6-9-18(10-7-16)31-25(28,29)30/h3-4,6-7,9-10,14-15,17,19H,2,5,8,11-13H2,1H3/b4-3+/t15-,17-,19+/m1/s1. The maximum absolute atomic E-state index is 15.4. The summed E-state index contributed by atoms with van der Waals surface area (Å²) in [5.74, 6) is -0.562. The Morgan fingerprint density at radius 1 is 1.06 bits per heavy atom. The molecule has 0 aliphatic heterocycles. The van der Waals surface area contributed by atoms with Crippen LogP contribution in [0.4, 0.5) is 22.0 Å². The maximum atomic E-state index is 15.4. The molecule has 2 aromatic rings. The third-order valence-electron chi connectivity index (χ3n) is 6.56. The monoisotopic (exact) mass is 436 g/mol. The molecule has 166 valence electrons. The van der Waals surface area contributed by atoms with Crippen LogP contribution in [-0.4, -0.2) is 6.36 Å². The van der Waals surface area contributed by atoms with Gasteiger partial charge in [0.2, 0.25) is 0 Å². The van der Waals surface area contributed by atoms with Gasteiger partial charge in [0.15, 0.2) is 0 Å². The molecule has 0 radical (unpaired) electrons. The second-order valence-corrected chi connectivity index (χ2v) is 8.50. The number of allylic oxidation sites excluding steroid dienone is 2. The topological polar surface area (TPSA) is 9.23 Å². The molecule has 6 heteroatoms. The van der Waals surface area contributed by atoms with Crippen molar-refractivity contribution < 1.29 is 26.7 Å². The van der Waals surface area contributed by atoms with E-state index in [-0.39, 0.29) is 17.0 Å². The van der Waals surface area contributed by atoms with Gasteiger partial charge in [0.1, 0.15) is 17.4 Å². The number of rotatable bonds is 4. The third kappa shape index (κ3) is 4.63. The number of alkyl halides is 3. The van der Waals surface area contributed by atoms with Crippen LogP contribution in [0.3, 0.4) is 0 Å². The molecule has 4 rings (SSSR count). The van der Waals surface area contributed by atoms with Crippen LogP contribution in [0, 0.1) is 23.5 Å². The van der Waals surface area contributed by atoms with Crippen LogP contribution in [0.25, 0.3) is 11.1 Å². The Balaban J connectivity index is 1.61. The van der Waals surface area contributed by atoms with Gasteiger partial charge >= 0.3 is 6.36 Å². The molecule has 0 unspecified atom stereocenters. The molecule has 3 atom stereocenters. The number of fused-ring (bicyclic) bond motifs is 3. The van der Waals surface area contributed by atoms with Gasteiger partial charge in [-0.25, -0.2) is 8.78 Å². The molecule has 0 aromatic heterocycles. The van der Waals surface area contributed by atoms with Gasteiger partial charge in [0.05, 0.1) is 5.56 Å². The van der Waals surface area contributed by atoms with Gasteiger partial charge in [0.25, 0.3) is 0 Å². The Labute approximate surface area is 178 Å². The van der Waals surface area contributed by atoms with Crippen LogP contribution in [0.1, 0.15) is 56.1 Å². The van der Waals surface area contributed by atoms with Crippen molar-refractivity contribution in [3.8, 4) is 16.9 Å². The van der Waals surface area contributed by atoms with E-state index in [1.807, 2.05) is 0 Å². The molecule has 1 fully saturated rings. The zero-order chi connectivity index (χ0) is 22.2. The van der Waals surface area contributed by atoms with Gasteiger partial charge in [-0.1, -0.05) is 31.2 Å². The Kier molecular flexibility index (Phi) is 6.09. The minimum atomic E-state index is -4.81. The molecule has 0 N–H and O–H groups in total. The van der Waals surface area contributed by atoms with E-state index < -0.39 is 23.7 Å². The summed E-state index contributed by atoms with van der Waals surface area (Å²) < 4.78 is 71.4. The zero-order valence-electron chi connectivity index (χ0n) is 17.3. The van der Waals surface area contributed by atoms with Gasteiger partial charge in [0, 0.05) is 0 Å². The molecular formula is C25H25F5O. The van der Waals surface area contributed by atoms with Crippen molar-refractivity contribution in [2.75, 3.05) is 0 Å². The Morgan fingerprint density at radius 2 is 1.81 bits per heavy atom. The highest BCUT2D eigenvalue weighted by atomic mass is 19.4. The van der Waals surface area contributed by atoms with E-state index in [4.69, 9.17) is 0 Å². The molecule has 2 aromatic carbocycles. The summed E-state index contributed by atoms with van der Waals surface area (Å²) in [5, 5.41) is 0. The minimum absolute atomic E-state index is 0.163. The SMILES string of the molecule is CC/C=C/[C@@H]1CC[C@@H]2c3cc(F)c(-c4ccc(OC(F)(F)F)cc4)c(F)c3CC[C@@H]2C1. The number of benzene rings is 2. The van der Waals surface area contributed by atoms with Gasteiger partial charge < -0.3 is 4.74 Å². The maximum Gasteiger partial charge on any atom is 0.573 e. The van der Waals surface area contributed by atoms with Crippen LogP contribution in [0.2, 0.25) is 0 Å². The van der Waals surface area contributed by atoms with Crippen molar-refractivity contribution in [2.45, 2.75) is 57.7 Å². The number of hydrogen-bond donors (Lipinski definition) is 0. The smallest absolute Gasteiger partial charge is 0.406 e. The number of ether oxygens (including phenoxy) is 1. The highest BCUT2D eigenvalue weighted by Crippen LogP contribution is 2.49. The van der Waals surface area contributed by atoms with Crippen molar-refractivity contribution in [1.82, 2.24) is 0 Å². The lowest BCUT2D eigenvalue weighted by atomic mass is 9.65. The summed E-state index contributed by atoms with van der Waals surface area (Å²) in [6.07, 6.45) is 5.07. The highest BCUT2D eigenvalue weighted by Gasteiger charge is 2.37. The lowest BCUT2D eigenvalue weighted by molar-refractivity contribution is -0.274. The first-order valence-corrected chi connectivity index (χ1v) is 10.8. The van der Waals surface area contributed by atoms with Crippen molar-refractivity contribution in [2.24, 2.45) is 11.8 Å². The Hall–Kier alpha value is -2.37. The summed E-state index contributed by atoms with van der Waals surface area (Å²) in [6, 6.07) is 6.11. The van der Waals surface area contributed by atoms with Crippen molar-refractivity contribution in [1.29, 1.82) is 0 Å². The summed E-state index contributed by atoms with van der Waals surface area (Å²) in [4.78, 5) is 0. The third-order valence-corrected chi connectivity index (χ3v) is 6.56. The Bertz CT molecular complexity index is 961. The van der Waals surface area contributed by atoms with E-state index in [0.29, 0.717) is 23.8 Å². The molecule has 0 bridgehead atoms. The molecule has 31 heavy (non-hydrogen) atoms. The van der Waals surface area contributed by atoms with Crippen LogP contribution in [0.5, 0.6) is 5.75 Å². The molecule has 0 heterocycles. The second-order valence-electron chi connectivity index (χ2n) is 8.50. The molecule has 0 saturated heterocycles. The van der Waals surface area contributed by atoms with Crippen LogP contribution >= 0.6 is 0 Å². The first kappa shape index (κ1) is 21.8. The van der Waals surface area contributed by atoms with Gasteiger partial charge in [-0.05, 0) is 91.2 Å². The fourth-order valence-corrected chi connectivity index (χ4v) is 5.21.